The van der Waals surface area contributed by atoms with Gasteiger partial charge in [0.1, 0.15) is 11.3 Å². The number of carbonyl (C=O) groups excluding carboxylic acids is 2. The van der Waals surface area contributed by atoms with Gasteiger partial charge >= 0.3 is 6.03 Å². The molecule has 1 aromatic heterocycles. The Morgan fingerprint density at radius 1 is 1.11 bits per heavy atom. The Hall–Kier alpha value is -3.13. The molecule has 3 rings (SSSR count). The summed E-state index contributed by atoms with van der Waals surface area (Å²) in [6, 6.07) is 10.7. The summed E-state index contributed by atoms with van der Waals surface area (Å²) in [5.74, 6) is 0.413. The minimum atomic E-state index is -0.356. The van der Waals surface area contributed by atoms with Crippen LogP contribution in [0.25, 0.3) is 10.2 Å². The maximum atomic E-state index is 12.3. The van der Waals surface area contributed by atoms with Crippen molar-refractivity contribution in [3.05, 3.63) is 42.0 Å². The number of aryl methyl sites for hydroxylation is 1. The second kappa shape index (κ2) is 8.05. The molecule has 0 radical (unpaired) electrons. The van der Waals surface area contributed by atoms with Gasteiger partial charge in [0.2, 0.25) is 5.91 Å². The number of methoxy groups -OCH3 is 1. The molecule has 8 heteroatoms. The minimum absolute atomic E-state index is 0.107. The van der Waals surface area contributed by atoms with Gasteiger partial charge in [-0.05, 0) is 30.7 Å². The first-order chi connectivity index (χ1) is 13.0. The van der Waals surface area contributed by atoms with Crippen LogP contribution in [0.1, 0.15) is 18.9 Å². The lowest BCUT2D eigenvalue weighted by atomic mass is 10.2. The summed E-state index contributed by atoms with van der Waals surface area (Å²) in [7, 11) is 1.54. The molecule has 0 aliphatic carbocycles. The van der Waals surface area contributed by atoms with Gasteiger partial charge < -0.3 is 20.7 Å². The quantitative estimate of drug-likeness (QED) is 0.599. The number of hydrogen-bond acceptors (Lipinski definition) is 5. The highest BCUT2D eigenvalue weighted by Gasteiger charge is 2.13. The van der Waals surface area contributed by atoms with E-state index in [1.165, 1.54) is 18.4 Å². The fourth-order valence-electron chi connectivity index (χ4n) is 2.50. The van der Waals surface area contributed by atoms with E-state index in [9.17, 15) is 9.59 Å². The lowest BCUT2D eigenvalue weighted by Crippen LogP contribution is -2.19. The molecule has 0 saturated carbocycles. The molecule has 7 nitrogen and oxygen atoms in total. The first-order valence-corrected chi connectivity index (χ1v) is 9.23. The fraction of sp³-hybridized carbons (Fsp3) is 0.211. The molecule has 0 bridgehead atoms. The van der Waals surface area contributed by atoms with Gasteiger partial charge in [-0.3, -0.25) is 4.79 Å². The number of hydrogen-bond donors (Lipinski definition) is 3. The van der Waals surface area contributed by atoms with Crippen LogP contribution in [0.5, 0.6) is 5.75 Å². The molecule has 0 unspecified atom stereocenters. The van der Waals surface area contributed by atoms with Crippen LogP contribution in [0.4, 0.5) is 21.3 Å². The third-order valence-corrected chi connectivity index (χ3v) is 4.70. The van der Waals surface area contributed by atoms with Crippen molar-refractivity contribution in [2.24, 2.45) is 0 Å². The van der Waals surface area contributed by atoms with Crippen LogP contribution in [0.2, 0.25) is 0 Å². The van der Waals surface area contributed by atoms with E-state index in [1.807, 2.05) is 31.2 Å². The monoisotopic (exact) mass is 384 g/mol. The van der Waals surface area contributed by atoms with Crippen LogP contribution in [-0.2, 0) is 4.79 Å². The van der Waals surface area contributed by atoms with Crippen molar-refractivity contribution in [2.45, 2.75) is 20.3 Å². The van der Waals surface area contributed by atoms with Crippen molar-refractivity contribution in [3.63, 3.8) is 0 Å². The van der Waals surface area contributed by atoms with Gasteiger partial charge in [0.05, 0.1) is 11.8 Å². The lowest BCUT2D eigenvalue weighted by molar-refractivity contribution is -0.115. The van der Waals surface area contributed by atoms with E-state index in [1.54, 1.807) is 19.1 Å². The zero-order valence-electron chi connectivity index (χ0n) is 15.3. The molecule has 0 saturated heterocycles. The number of nitrogens with one attached hydrogen (secondary N) is 3. The van der Waals surface area contributed by atoms with Crippen LogP contribution in [0.15, 0.2) is 36.4 Å². The van der Waals surface area contributed by atoms with Gasteiger partial charge in [-0.1, -0.05) is 30.4 Å². The third-order valence-electron chi connectivity index (χ3n) is 3.78. The number of aromatic nitrogens is 1. The standard InChI is InChI=1S/C19H20N4O3S/c1-4-16(24)22-19-23-17-14(26-3)9-13(10-15(17)27-19)21-18(25)20-12-7-5-6-11(2)8-12/h5-10H,4H2,1-3H3,(H2,20,21,25)(H,22,23,24). The highest BCUT2D eigenvalue weighted by molar-refractivity contribution is 7.22. The molecular formula is C19H20N4O3S. The summed E-state index contributed by atoms with van der Waals surface area (Å²) in [5.41, 5.74) is 2.98. The summed E-state index contributed by atoms with van der Waals surface area (Å²) in [5, 5.41) is 8.84. The molecule has 0 aliphatic rings. The van der Waals surface area contributed by atoms with Gasteiger partial charge in [-0.25, -0.2) is 9.78 Å². The summed E-state index contributed by atoms with van der Waals surface area (Å²) in [4.78, 5) is 28.3. The van der Waals surface area contributed by atoms with Crippen molar-refractivity contribution in [1.82, 2.24) is 4.98 Å². The second-order valence-electron chi connectivity index (χ2n) is 5.89. The average Bonchev–Trinajstić information content (AvgIpc) is 3.02. The van der Waals surface area contributed by atoms with Crippen molar-refractivity contribution in [2.75, 3.05) is 23.1 Å². The first-order valence-electron chi connectivity index (χ1n) is 8.41. The number of urea groups is 1. The number of anilines is 3. The van der Waals surface area contributed by atoms with Crippen LogP contribution >= 0.6 is 11.3 Å². The van der Waals surface area contributed by atoms with Gasteiger partial charge in [-0.2, -0.15) is 0 Å². The number of nitrogens with zero attached hydrogens (tertiary/aromatic N) is 1. The highest BCUT2D eigenvalue weighted by Crippen LogP contribution is 2.35. The summed E-state index contributed by atoms with van der Waals surface area (Å²) >= 11 is 1.32. The number of amides is 3. The molecule has 3 N–H and O–H groups in total. The van der Waals surface area contributed by atoms with Crippen molar-refractivity contribution >= 4 is 50.0 Å². The Morgan fingerprint density at radius 2 is 1.89 bits per heavy atom. The zero-order chi connectivity index (χ0) is 19.4. The average molecular weight is 384 g/mol. The Morgan fingerprint density at radius 3 is 2.59 bits per heavy atom. The second-order valence-corrected chi connectivity index (χ2v) is 6.93. The van der Waals surface area contributed by atoms with Crippen molar-refractivity contribution in [3.8, 4) is 5.75 Å². The van der Waals surface area contributed by atoms with Crippen LogP contribution in [0.3, 0.4) is 0 Å². The van der Waals surface area contributed by atoms with E-state index >= 15 is 0 Å². The maximum Gasteiger partial charge on any atom is 0.323 e. The van der Waals surface area contributed by atoms with Gasteiger partial charge in [0.25, 0.3) is 0 Å². The number of carbonyl (C=O) groups is 2. The Labute approximate surface area is 160 Å². The smallest absolute Gasteiger partial charge is 0.323 e. The predicted octanol–water partition coefficient (Wildman–Crippen LogP) is 4.61. The van der Waals surface area contributed by atoms with Gasteiger partial charge in [0, 0.05) is 23.9 Å². The first kappa shape index (κ1) is 18.7. The maximum absolute atomic E-state index is 12.3. The van der Waals surface area contributed by atoms with E-state index in [2.05, 4.69) is 20.9 Å². The third kappa shape index (κ3) is 4.53. The number of benzene rings is 2. The molecule has 0 spiro atoms. The summed E-state index contributed by atoms with van der Waals surface area (Å²) < 4.78 is 6.19. The topological polar surface area (TPSA) is 92.3 Å². The van der Waals surface area contributed by atoms with Gasteiger partial charge in [0.15, 0.2) is 5.13 Å². The molecule has 3 aromatic rings. The molecule has 1 heterocycles. The fourth-order valence-corrected chi connectivity index (χ4v) is 3.44. The number of ether oxygens (including phenoxy) is 1. The summed E-state index contributed by atoms with van der Waals surface area (Å²) in [6.45, 7) is 3.73. The molecule has 3 amide bonds. The number of thiazole rings is 1. The van der Waals surface area contributed by atoms with Crippen molar-refractivity contribution < 1.29 is 14.3 Å². The molecular weight excluding hydrogens is 364 g/mol. The SMILES string of the molecule is CCC(=O)Nc1nc2c(OC)cc(NC(=O)Nc3cccc(C)c3)cc2s1. The Kier molecular flexibility index (Phi) is 5.56. The molecule has 0 atom stereocenters. The molecule has 2 aromatic carbocycles. The van der Waals surface area contributed by atoms with Crippen molar-refractivity contribution in [1.29, 1.82) is 0 Å². The van der Waals surface area contributed by atoms with Crippen LogP contribution in [-0.4, -0.2) is 24.0 Å². The predicted molar refractivity (Wildman–Crippen MR) is 109 cm³/mol. The number of rotatable bonds is 5. The Balaban J connectivity index is 1.81. The Bertz CT molecular complexity index is 1000. The largest absolute Gasteiger partial charge is 0.494 e. The highest BCUT2D eigenvalue weighted by atomic mass is 32.1. The lowest BCUT2D eigenvalue weighted by Gasteiger charge is -2.09. The number of fused-ring (bicyclic) bond motifs is 1. The molecule has 140 valence electrons. The minimum Gasteiger partial charge on any atom is -0.494 e. The molecule has 27 heavy (non-hydrogen) atoms. The molecule has 0 fully saturated rings. The van der Waals surface area contributed by atoms with Gasteiger partial charge in [-0.15, -0.1) is 0 Å². The van der Waals surface area contributed by atoms with E-state index < -0.39 is 0 Å². The van der Waals surface area contributed by atoms with E-state index in [-0.39, 0.29) is 11.9 Å². The van der Waals surface area contributed by atoms with E-state index in [4.69, 9.17) is 4.74 Å². The van der Waals surface area contributed by atoms with E-state index in [0.29, 0.717) is 34.2 Å². The zero-order valence-corrected chi connectivity index (χ0v) is 16.1. The van der Waals surface area contributed by atoms with Crippen LogP contribution in [0, 0.1) is 6.92 Å². The van der Waals surface area contributed by atoms with E-state index in [0.717, 1.165) is 10.3 Å². The van der Waals surface area contributed by atoms with Crippen LogP contribution < -0.4 is 20.7 Å². The molecule has 0 aliphatic heterocycles. The normalized spacial score (nSPS) is 10.5. The summed E-state index contributed by atoms with van der Waals surface area (Å²) in [6.07, 6.45) is 0.374.